The number of aromatic nitrogens is 1. The third kappa shape index (κ3) is 1.19. The number of furan rings is 1. The summed E-state index contributed by atoms with van der Waals surface area (Å²) >= 11 is 0. The van der Waals surface area contributed by atoms with Gasteiger partial charge in [0.1, 0.15) is 11.3 Å². The molecule has 0 spiro atoms. The van der Waals surface area contributed by atoms with Crippen LogP contribution in [0.2, 0.25) is 0 Å². The summed E-state index contributed by atoms with van der Waals surface area (Å²) in [5, 5.41) is 12.3. The fourth-order valence-electron chi connectivity index (χ4n) is 1.21. The summed E-state index contributed by atoms with van der Waals surface area (Å²) in [4.78, 5) is 10.8. The van der Waals surface area contributed by atoms with E-state index >= 15 is 0 Å². The monoisotopic (exact) mass is 193 g/mol. The van der Waals surface area contributed by atoms with E-state index in [1.54, 1.807) is 13.0 Å². The largest absolute Gasteiger partial charge is 0.477 e. The van der Waals surface area contributed by atoms with Gasteiger partial charge >= 0.3 is 5.97 Å². The van der Waals surface area contributed by atoms with Crippen LogP contribution in [0.3, 0.4) is 0 Å². The quantitative estimate of drug-likeness (QED) is 0.788. The minimum absolute atomic E-state index is 0.0366. The van der Waals surface area contributed by atoms with Gasteiger partial charge in [0.15, 0.2) is 5.76 Å². The van der Waals surface area contributed by atoms with Gasteiger partial charge in [0.25, 0.3) is 0 Å². The van der Waals surface area contributed by atoms with Crippen molar-refractivity contribution in [2.75, 3.05) is 0 Å². The van der Waals surface area contributed by atoms with E-state index in [1.165, 1.54) is 12.5 Å². The zero-order chi connectivity index (χ0) is 10.1. The van der Waals surface area contributed by atoms with Gasteiger partial charge in [-0.1, -0.05) is 5.16 Å². The lowest BCUT2D eigenvalue weighted by molar-refractivity contribution is 0.0697. The molecule has 0 aliphatic carbocycles. The highest BCUT2D eigenvalue weighted by Crippen LogP contribution is 2.27. The molecule has 0 unspecified atom stereocenters. The molecule has 0 saturated carbocycles. The van der Waals surface area contributed by atoms with Gasteiger partial charge in [0.2, 0.25) is 0 Å². The van der Waals surface area contributed by atoms with Crippen LogP contribution in [0.1, 0.15) is 16.1 Å². The molecule has 2 heterocycles. The minimum atomic E-state index is -1.07. The Hall–Kier alpha value is -2.04. The Morgan fingerprint density at radius 1 is 1.57 bits per heavy atom. The predicted molar refractivity (Wildman–Crippen MR) is 45.9 cm³/mol. The summed E-state index contributed by atoms with van der Waals surface area (Å²) in [5.74, 6) is -0.241. The number of hydrogen-bond acceptors (Lipinski definition) is 4. The standard InChI is InChI=1S/C9H7NO4/c1-5-6(2-3-13-5)8-7(9(11)12)4-10-14-8/h2-4H,1H3,(H,11,12). The highest BCUT2D eigenvalue weighted by atomic mass is 16.5. The number of carboxylic acids is 1. The van der Waals surface area contributed by atoms with Crippen molar-refractivity contribution >= 4 is 5.97 Å². The second-order valence-electron chi connectivity index (χ2n) is 2.76. The fraction of sp³-hybridized carbons (Fsp3) is 0.111. The lowest BCUT2D eigenvalue weighted by Gasteiger charge is -1.93. The maximum absolute atomic E-state index is 10.8. The van der Waals surface area contributed by atoms with Crippen LogP contribution in [-0.2, 0) is 0 Å². The molecule has 0 amide bonds. The highest BCUT2D eigenvalue weighted by Gasteiger charge is 2.19. The van der Waals surface area contributed by atoms with Crippen molar-refractivity contribution in [1.29, 1.82) is 0 Å². The third-order valence-electron chi connectivity index (χ3n) is 1.90. The van der Waals surface area contributed by atoms with E-state index in [9.17, 15) is 4.79 Å². The number of hydrogen-bond donors (Lipinski definition) is 1. The molecule has 72 valence electrons. The first-order chi connectivity index (χ1) is 6.70. The first-order valence-electron chi connectivity index (χ1n) is 3.92. The normalized spacial score (nSPS) is 10.4. The molecule has 2 rings (SSSR count). The van der Waals surface area contributed by atoms with Crippen molar-refractivity contribution in [2.24, 2.45) is 0 Å². The van der Waals surface area contributed by atoms with Crippen molar-refractivity contribution < 1.29 is 18.8 Å². The molecule has 0 fully saturated rings. The molecule has 0 aromatic carbocycles. The SMILES string of the molecule is Cc1occc1-c1oncc1C(=O)O. The van der Waals surface area contributed by atoms with E-state index in [0.29, 0.717) is 11.3 Å². The second-order valence-corrected chi connectivity index (χ2v) is 2.76. The zero-order valence-electron chi connectivity index (χ0n) is 7.35. The molecular formula is C9H7NO4. The van der Waals surface area contributed by atoms with Gasteiger partial charge in [0, 0.05) is 0 Å². The molecule has 0 saturated heterocycles. The van der Waals surface area contributed by atoms with Crippen LogP contribution in [0.25, 0.3) is 11.3 Å². The molecule has 2 aromatic rings. The van der Waals surface area contributed by atoms with E-state index in [-0.39, 0.29) is 11.3 Å². The van der Waals surface area contributed by atoms with E-state index < -0.39 is 5.97 Å². The van der Waals surface area contributed by atoms with E-state index in [1.807, 2.05) is 0 Å². The van der Waals surface area contributed by atoms with Crippen molar-refractivity contribution in [3.63, 3.8) is 0 Å². The molecule has 0 atom stereocenters. The van der Waals surface area contributed by atoms with Gasteiger partial charge in [-0.2, -0.15) is 0 Å². The van der Waals surface area contributed by atoms with Crippen molar-refractivity contribution in [3.8, 4) is 11.3 Å². The van der Waals surface area contributed by atoms with E-state index in [0.717, 1.165) is 0 Å². The molecule has 1 N–H and O–H groups in total. The van der Waals surface area contributed by atoms with Crippen LogP contribution < -0.4 is 0 Å². The molecule has 14 heavy (non-hydrogen) atoms. The Morgan fingerprint density at radius 2 is 2.36 bits per heavy atom. The Balaban J connectivity index is 2.57. The number of carbonyl (C=O) groups is 1. The summed E-state index contributed by atoms with van der Waals surface area (Å²) in [6.45, 7) is 1.73. The van der Waals surface area contributed by atoms with Crippen molar-refractivity contribution in [3.05, 3.63) is 29.9 Å². The van der Waals surface area contributed by atoms with Crippen LogP contribution in [0, 0.1) is 6.92 Å². The van der Waals surface area contributed by atoms with Crippen LogP contribution in [0.5, 0.6) is 0 Å². The summed E-state index contributed by atoms with van der Waals surface area (Å²) in [7, 11) is 0. The first kappa shape index (κ1) is 8.55. The molecule has 0 radical (unpaired) electrons. The Kier molecular flexibility index (Phi) is 1.85. The van der Waals surface area contributed by atoms with Gasteiger partial charge < -0.3 is 14.0 Å². The van der Waals surface area contributed by atoms with E-state index in [2.05, 4.69) is 5.16 Å². The minimum Gasteiger partial charge on any atom is -0.477 e. The summed E-state index contributed by atoms with van der Waals surface area (Å²) in [6, 6.07) is 1.64. The number of carboxylic acid groups (broad SMARTS) is 1. The molecule has 5 nitrogen and oxygen atoms in total. The third-order valence-corrected chi connectivity index (χ3v) is 1.90. The Labute approximate surface area is 78.9 Å². The van der Waals surface area contributed by atoms with Gasteiger partial charge in [-0.05, 0) is 13.0 Å². The molecular weight excluding hydrogens is 186 g/mol. The van der Waals surface area contributed by atoms with E-state index in [4.69, 9.17) is 14.0 Å². The summed E-state index contributed by atoms with van der Waals surface area (Å²) < 4.78 is 9.90. The van der Waals surface area contributed by atoms with Crippen LogP contribution in [-0.4, -0.2) is 16.2 Å². The molecule has 0 bridgehead atoms. The molecule has 2 aromatic heterocycles. The molecule has 0 aliphatic rings. The lowest BCUT2D eigenvalue weighted by atomic mass is 10.1. The van der Waals surface area contributed by atoms with Gasteiger partial charge in [-0.25, -0.2) is 4.79 Å². The number of aryl methyl sites for hydroxylation is 1. The Bertz CT molecular complexity index is 469. The average Bonchev–Trinajstić information content (AvgIpc) is 2.70. The number of aromatic carboxylic acids is 1. The molecule has 0 aliphatic heterocycles. The lowest BCUT2D eigenvalue weighted by Crippen LogP contribution is -1.95. The van der Waals surface area contributed by atoms with Gasteiger partial charge in [0.05, 0.1) is 18.0 Å². The van der Waals surface area contributed by atoms with Crippen LogP contribution in [0.4, 0.5) is 0 Å². The summed E-state index contributed by atoms with van der Waals surface area (Å²) in [5.41, 5.74) is 0.648. The summed E-state index contributed by atoms with van der Waals surface area (Å²) in [6.07, 6.45) is 2.64. The van der Waals surface area contributed by atoms with Gasteiger partial charge in [-0.15, -0.1) is 0 Å². The predicted octanol–water partition coefficient (Wildman–Crippen LogP) is 1.94. The topological polar surface area (TPSA) is 76.5 Å². The average molecular weight is 193 g/mol. The number of nitrogens with zero attached hydrogens (tertiary/aromatic N) is 1. The first-order valence-corrected chi connectivity index (χ1v) is 3.92. The van der Waals surface area contributed by atoms with Crippen molar-refractivity contribution in [1.82, 2.24) is 5.16 Å². The maximum Gasteiger partial charge on any atom is 0.341 e. The Morgan fingerprint density at radius 3 is 2.93 bits per heavy atom. The second kappa shape index (κ2) is 3.02. The zero-order valence-corrected chi connectivity index (χ0v) is 7.35. The highest BCUT2D eigenvalue weighted by molar-refractivity contribution is 5.94. The van der Waals surface area contributed by atoms with Gasteiger partial charge in [-0.3, -0.25) is 0 Å². The number of rotatable bonds is 2. The fourth-order valence-corrected chi connectivity index (χ4v) is 1.21. The maximum atomic E-state index is 10.8. The van der Waals surface area contributed by atoms with Crippen LogP contribution >= 0.6 is 0 Å². The molecule has 5 heteroatoms. The smallest absolute Gasteiger partial charge is 0.341 e. The van der Waals surface area contributed by atoms with Crippen molar-refractivity contribution in [2.45, 2.75) is 6.92 Å². The van der Waals surface area contributed by atoms with Crippen LogP contribution in [0.15, 0.2) is 27.5 Å².